The number of piperazine rings is 1. The highest BCUT2D eigenvalue weighted by molar-refractivity contribution is 14.0. The lowest BCUT2D eigenvalue weighted by atomic mass is 10.1. The number of para-hydroxylation sites is 2. The fourth-order valence-electron chi connectivity index (χ4n) is 3.41. The number of aromatic hydroxyl groups is 1. The second-order valence-electron chi connectivity index (χ2n) is 6.64. The Hall–Kier alpha value is -1.48. The molecule has 2 N–H and O–H groups in total. The Morgan fingerprint density at radius 1 is 1.22 bits per heavy atom. The van der Waals surface area contributed by atoms with Crippen LogP contribution in [0.2, 0.25) is 0 Å². The first kappa shape index (κ1) is 21.8. The Bertz CT molecular complexity index is 643. The molecule has 0 unspecified atom stereocenters. The van der Waals surface area contributed by atoms with Crippen molar-refractivity contribution >= 4 is 35.6 Å². The number of ether oxygens (including phenoxy) is 1. The van der Waals surface area contributed by atoms with Gasteiger partial charge in [0.05, 0.1) is 18.9 Å². The summed E-state index contributed by atoms with van der Waals surface area (Å²) in [6.07, 6.45) is 4.23. The molecule has 0 radical (unpaired) electrons. The molecular weight excluding hydrogens is 455 g/mol. The van der Waals surface area contributed by atoms with E-state index >= 15 is 0 Å². The first-order valence-corrected chi connectivity index (χ1v) is 9.59. The van der Waals surface area contributed by atoms with E-state index in [1.165, 1.54) is 5.57 Å². The molecule has 1 saturated heterocycles. The molecule has 0 atom stereocenters. The molecule has 6 nitrogen and oxygen atoms in total. The van der Waals surface area contributed by atoms with Crippen molar-refractivity contribution in [2.24, 2.45) is 4.99 Å². The summed E-state index contributed by atoms with van der Waals surface area (Å²) in [4.78, 5) is 9.38. The van der Waals surface area contributed by atoms with E-state index in [9.17, 15) is 5.11 Å². The number of aliphatic imine (C=N–C) groups is 1. The van der Waals surface area contributed by atoms with Gasteiger partial charge < -0.3 is 25.0 Å². The summed E-state index contributed by atoms with van der Waals surface area (Å²) in [5.41, 5.74) is 2.38. The van der Waals surface area contributed by atoms with Gasteiger partial charge in [-0.2, -0.15) is 0 Å². The van der Waals surface area contributed by atoms with Gasteiger partial charge in [0.2, 0.25) is 0 Å². The number of rotatable bonds is 5. The van der Waals surface area contributed by atoms with Gasteiger partial charge in [0.15, 0.2) is 5.96 Å². The topological polar surface area (TPSA) is 60.3 Å². The zero-order valence-electron chi connectivity index (χ0n) is 16.1. The Labute approximate surface area is 179 Å². The molecule has 2 aliphatic heterocycles. The van der Waals surface area contributed by atoms with E-state index in [-0.39, 0.29) is 24.0 Å². The molecule has 0 aromatic heterocycles. The van der Waals surface area contributed by atoms with Crippen molar-refractivity contribution in [2.75, 3.05) is 57.4 Å². The molecule has 0 bridgehead atoms. The molecular formula is C20H31IN4O2. The zero-order chi connectivity index (χ0) is 18.2. The molecule has 0 amide bonds. The number of phenols is 1. The van der Waals surface area contributed by atoms with Crippen LogP contribution < -0.4 is 10.2 Å². The largest absolute Gasteiger partial charge is 0.506 e. The van der Waals surface area contributed by atoms with E-state index < -0.39 is 0 Å². The summed E-state index contributed by atoms with van der Waals surface area (Å²) < 4.78 is 5.36. The number of guanidine groups is 1. The summed E-state index contributed by atoms with van der Waals surface area (Å²) >= 11 is 0. The van der Waals surface area contributed by atoms with Crippen LogP contribution in [0.4, 0.5) is 5.69 Å². The Morgan fingerprint density at radius 2 is 2.00 bits per heavy atom. The van der Waals surface area contributed by atoms with Gasteiger partial charge in [-0.25, -0.2) is 0 Å². The first-order chi connectivity index (χ1) is 12.8. The SMILES string of the molecule is CCNC(=NCCC1=CCOCC1)N1CCN(c2ccccc2O)CC1.I. The van der Waals surface area contributed by atoms with Crippen molar-refractivity contribution in [3.05, 3.63) is 35.9 Å². The van der Waals surface area contributed by atoms with Crippen LogP contribution in [-0.4, -0.2) is 68.4 Å². The average Bonchev–Trinajstić information content (AvgIpc) is 2.69. The summed E-state index contributed by atoms with van der Waals surface area (Å²) in [5.74, 6) is 1.35. The van der Waals surface area contributed by atoms with E-state index in [2.05, 4.69) is 28.1 Å². The van der Waals surface area contributed by atoms with Gasteiger partial charge in [0.1, 0.15) is 5.75 Å². The molecule has 1 fully saturated rings. The normalized spacial score (nSPS) is 18.0. The predicted molar refractivity (Wildman–Crippen MR) is 121 cm³/mol. The monoisotopic (exact) mass is 486 g/mol. The molecule has 3 rings (SSSR count). The number of hydrogen-bond donors (Lipinski definition) is 2. The van der Waals surface area contributed by atoms with Crippen molar-refractivity contribution in [2.45, 2.75) is 19.8 Å². The third-order valence-electron chi connectivity index (χ3n) is 4.89. The second kappa shape index (κ2) is 11.4. The summed E-state index contributed by atoms with van der Waals surface area (Å²) in [6, 6.07) is 7.56. The van der Waals surface area contributed by atoms with E-state index in [1.54, 1.807) is 6.07 Å². The van der Waals surface area contributed by atoms with Crippen LogP contribution in [0, 0.1) is 0 Å². The second-order valence-corrected chi connectivity index (χ2v) is 6.64. The molecule has 7 heteroatoms. The van der Waals surface area contributed by atoms with Crippen LogP contribution in [0.25, 0.3) is 0 Å². The van der Waals surface area contributed by atoms with Crippen LogP contribution in [-0.2, 0) is 4.74 Å². The lowest BCUT2D eigenvalue weighted by Gasteiger charge is -2.37. The Kier molecular flexibility index (Phi) is 9.20. The number of phenolic OH excluding ortho intramolecular Hbond substituents is 1. The number of hydrogen-bond acceptors (Lipinski definition) is 4. The molecule has 0 aliphatic carbocycles. The number of halogens is 1. The van der Waals surface area contributed by atoms with Gasteiger partial charge in [-0.3, -0.25) is 4.99 Å². The quantitative estimate of drug-likeness (QED) is 0.290. The lowest BCUT2D eigenvalue weighted by Crippen LogP contribution is -2.52. The van der Waals surface area contributed by atoms with Gasteiger partial charge in [-0.1, -0.05) is 23.8 Å². The number of anilines is 1. The van der Waals surface area contributed by atoms with Crippen LogP contribution in [0.3, 0.4) is 0 Å². The van der Waals surface area contributed by atoms with Gasteiger partial charge in [0, 0.05) is 39.3 Å². The summed E-state index contributed by atoms with van der Waals surface area (Å²) in [5, 5.41) is 13.5. The van der Waals surface area contributed by atoms with Crippen LogP contribution >= 0.6 is 24.0 Å². The van der Waals surface area contributed by atoms with Crippen molar-refractivity contribution in [1.29, 1.82) is 0 Å². The molecule has 2 aliphatic rings. The first-order valence-electron chi connectivity index (χ1n) is 9.59. The standard InChI is InChI=1S/C20H30N4O2.HI/c1-2-21-20(22-10-7-17-8-15-26-16-9-17)24-13-11-23(12-14-24)18-5-3-4-6-19(18)25;/h3-6,8,25H,2,7,9-16H2,1H3,(H,21,22);1H. The van der Waals surface area contributed by atoms with Gasteiger partial charge in [0.25, 0.3) is 0 Å². The maximum Gasteiger partial charge on any atom is 0.194 e. The van der Waals surface area contributed by atoms with E-state index in [0.717, 1.165) is 77.0 Å². The minimum Gasteiger partial charge on any atom is -0.506 e. The van der Waals surface area contributed by atoms with Crippen molar-refractivity contribution < 1.29 is 9.84 Å². The molecule has 27 heavy (non-hydrogen) atoms. The lowest BCUT2D eigenvalue weighted by molar-refractivity contribution is 0.153. The molecule has 0 spiro atoms. The fraction of sp³-hybridized carbons (Fsp3) is 0.550. The van der Waals surface area contributed by atoms with E-state index in [0.29, 0.717) is 5.75 Å². The third kappa shape index (κ3) is 6.27. The maximum absolute atomic E-state index is 10.1. The molecule has 1 aromatic rings. The van der Waals surface area contributed by atoms with E-state index in [1.807, 2.05) is 18.2 Å². The molecule has 2 heterocycles. The minimum atomic E-state index is 0. The molecule has 0 saturated carbocycles. The highest BCUT2D eigenvalue weighted by Gasteiger charge is 2.21. The van der Waals surface area contributed by atoms with Crippen molar-refractivity contribution in [3.8, 4) is 5.75 Å². The third-order valence-corrected chi connectivity index (χ3v) is 4.89. The van der Waals surface area contributed by atoms with Gasteiger partial charge in [-0.05, 0) is 31.9 Å². The molecule has 1 aromatic carbocycles. The van der Waals surface area contributed by atoms with Gasteiger partial charge in [-0.15, -0.1) is 24.0 Å². The number of benzene rings is 1. The Morgan fingerprint density at radius 3 is 2.67 bits per heavy atom. The maximum atomic E-state index is 10.1. The number of nitrogens with zero attached hydrogens (tertiary/aromatic N) is 3. The van der Waals surface area contributed by atoms with Crippen LogP contribution in [0.5, 0.6) is 5.75 Å². The highest BCUT2D eigenvalue weighted by atomic mass is 127. The van der Waals surface area contributed by atoms with Crippen molar-refractivity contribution in [1.82, 2.24) is 10.2 Å². The van der Waals surface area contributed by atoms with Gasteiger partial charge >= 0.3 is 0 Å². The predicted octanol–water partition coefficient (Wildman–Crippen LogP) is 2.83. The average molecular weight is 486 g/mol. The van der Waals surface area contributed by atoms with Crippen LogP contribution in [0.1, 0.15) is 19.8 Å². The highest BCUT2D eigenvalue weighted by Crippen LogP contribution is 2.27. The zero-order valence-corrected chi connectivity index (χ0v) is 18.4. The summed E-state index contributed by atoms with van der Waals surface area (Å²) in [6.45, 7) is 8.93. The fourth-order valence-corrected chi connectivity index (χ4v) is 3.41. The smallest absolute Gasteiger partial charge is 0.194 e. The Balaban J connectivity index is 0.00000261. The van der Waals surface area contributed by atoms with Crippen molar-refractivity contribution in [3.63, 3.8) is 0 Å². The summed E-state index contributed by atoms with van der Waals surface area (Å²) in [7, 11) is 0. The minimum absolute atomic E-state index is 0. The van der Waals surface area contributed by atoms with Crippen LogP contribution in [0.15, 0.2) is 40.9 Å². The molecule has 150 valence electrons. The number of nitrogens with one attached hydrogen (secondary N) is 1. The van der Waals surface area contributed by atoms with E-state index in [4.69, 9.17) is 9.73 Å².